The Bertz CT molecular complexity index is 917. The van der Waals surface area contributed by atoms with Crippen LogP contribution in [-0.2, 0) is 12.8 Å². The highest BCUT2D eigenvalue weighted by Crippen LogP contribution is 2.31. The fraction of sp³-hybridized carbons (Fsp3) is 0.286. The van der Waals surface area contributed by atoms with Crippen molar-refractivity contribution in [3.05, 3.63) is 63.8 Å². The summed E-state index contributed by atoms with van der Waals surface area (Å²) in [5.74, 6) is 0.678. The molecule has 0 bridgehead atoms. The number of para-hydroxylation sites is 1. The third kappa shape index (κ3) is 3.24. The van der Waals surface area contributed by atoms with Gasteiger partial charge in [0.05, 0.1) is 15.2 Å². The predicted octanol–water partition coefficient (Wildman–Crippen LogP) is 6.71. The molecule has 0 fully saturated rings. The molecule has 2 heterocycles. The zero-order valence-electron chi connectivity index (χ0n) is 13.9. The van der Waals surface area contributed by atoms with Gasteiger partial charge in [-0.1, -0.05) is 49.7 Å². The van der Waals surface area contributed by atoms with Crippen molar-refractivity contribution in [2.45, 2.75) is 32.6 Å². The number of fused-ring (bicyclic) bond motifs is 2. The van der Waals surface area contributed by atoms with Crippen molar-refractivity contribution in [3.63, 3.8) is 0 Å². The maximum atomic E-state index is 4.85. The standard InChI is InChI=1S/C21H21NS2/c1-2-7-15(12-20-17-9-4-3-8-16(17)14-23-20)13-21-22-18-10-5-6-11-19(18)24-21/h3-6,8-11,14-15H,2,7,12-13H2,1H3. The van der Waals surface area contributed by atoms with E-state index < -0.39 is 0 Å². The van der Waals surface area contributed by atoms with Gasteiger partial charge in [-0.05, 0) is 47.0 Å². The Morgan fingerprint density at radius 3 is 2.71 bits per heavy atom. The number of benzene rings is 2. The molecule has 2 aromatic carbocycles. The fourth-order valence-corrected chi connectivity index (χ4v) is 5.61. The molecule has 3 heteroatoms. The second-order valence-corrected chi connectivity index (χ2v) is 8.46. The Morgan fingerprint density at radius 2 is 1.83 bits per heavy atom. The van der Waals surface area contributed by atoms with E-state index in [1.165, 1.54) is 44.6 Å². The molecule has 4 aromatic rings. The lowest BCUT2D eigenvalue weighted by molar-refractivity contribution is 0.478. The van der Waals surface area contributed by atoms with Crippen molar-refractivity contribution < 1.29 is 0 Å². The first-order valence-electron chi connectivity index (χ1n) is 8.63. The van der Waals surface area contributed by atoms with Crippen LogP contribution in [0, 0.1) is 5.92 Å². The van der Waals surface area contributed by atoms with Gasteiger partial charge in [-0.15, -0.1) is 22.7 Å². The summed E-state index contributed by atoms with van der Waals surface area (Å²) in [6.45, 7) is 2.29. The summed E-state index contributed by atoms with van der Waals surface area (Å²) in [7, 11) is 0. The average molecular weight is 352 g/mol. The van der Waals surface area contributed by atoms with Gasteiger partial charge in [-0.25, -0.2) is 4.98 Å². The third-order valence-corrected chi connectivity index (χ3v) is 6.66. The van der Waals surface area contributed by atoms with Gasteiger partial charge in [0.25, 0.3) is 0 Å². The van der Waals surface area contributed by atoms with E-state index in [1.807, 2.05) is 22.7 Å². The molecule has 2 aromatic heterocycles. The van der Waals surface area contributed by atoms with Crippen molar-refractivity contribution in [2.24, 2.45) is 5.92 Å². The van der Waals surface area contributed by atoms with E-state index in [0.29, 0.717) is 5.92 Å². The van der Waals surface area contributed by atoms with Gasteiger partial charge in [-0.2, -0.15) is 0 Å². The molecule has 0 spiro atoms. The van der Waals surface area contributed by atoms with Crippen molar-refractivity contribution in [2.75, 3.05) is 0 Å². The highest BCUT2D eigenvalue weighted by molar-refractivity contribution is 7.18. The third-order valence-electron chi connectivity index (χ3n) is 4.56. The minimum atomic E-state index is 0.678. The molecule has 1 atom stereocenters. The summed E-state index contributed by atoms with van der Waals surface area (Å²) in [6.07, 6.45) is 4.77. The Labute approximate surface area is 151 Å². The molecule has 0 N–H and O–H groups in total. The van der Waals surface area contributed by atoms with Gasteiger partial charge < -0.3 is 0 Å². The van der Waals surface area contributed by atoms with Crippen LogP contribution in [0.2, 0.25) is 0 Å². The van der Waals surface area contributed by atoms with Crippen molar-refractivity contribution in [3.8, 4) is 0 Å². The average Bonchev–Trinajstić information content (AvgIpc) is 3.19. The monoisotopic (exact) mass is 351 g/mol. The molecule has 1 unspecified atom stereocenters. The zero-order valence-corrected chi connectivity index (χ0v) is 15.5. The minimum Gasteiger partial charge on any atom is -0.241 e. The smallest absolute Gasteiger partial charge is 0.0941 e. The Balaban J connectivity index is 1.57. The molecule has 24 heavy (non-hydrogen) atoms. The first-order valence-corrected chi connectivity index (χ1v) is 10.3. The summed E-state index contributed by atoms with van der Waals surface area (Å²) in [6, 6.07) is 17.2. The number of hydrogen-bond acceptors (Lipinski definition) is 3. The highest BCUT2D eigenvalue weighted by Gasteiger charge is 2.15. The lowest BCUT2D eigenvalue weighted by atomic mass is 9.94. The summed E-state index contributed by atoms with van der Waals surface area (Å²) in [5.41, 5.74) is 1.15. The first-order chi connectivity index (χ1) is 11.8. The summed E-state index contributed by atoms with van der Waals surface area (Å²) < 4.78 is 1.31. The van der Waals surface area contributed by atoms with Crippen LogP contribution in [0.3, 0.4) is 0 Å². The summed E-state index contributed by atoms with van der Waals surface area (Å²) >= 11 is 3.78. The van der Waals surface area contributed by atoms with Crippen LogP contribution < -0.4 is 0 Å². The van der Waals surface area contributed by atoms with Crippen molar-refractivity contribution >= 4 is 43.7 Å². The van der Waals surface area contributed by atoms with E-state index in [0.717, 1.165) is 11.9 Å². The number of rotatable bonds is 6. The van der Waals surface area contributed by atoms with Gasteiger partial charge in [0.2, 0.25) is 0 Å². The summed E-state index contributed by atoms with van der Waals surface area (Å²) in [5, 5.41) is 6.40. The van der Waals surface area contributed by atoms with Crippen LogP contribution in [0.5, 0.6) is 0 Å². The minimum absolute atomic E-state index is 0.678. The van der Waals surface area contributed by atoms with Crippen LogP contribution in [0.15, 0.2) is 53.9 Å². The maximum absolute atomic E-state index is 4.85. The van der Waals surface area contributed by atoms with E-state index in [4.69, 9.17) is 4.98 Å². The van der Waals surface area contributed by atoms with Crippen LogP contribution >= 0.6 is 22.7 Å². The first kappa shape index (κ1) is 15.8. The Morgan fingerprint density at radius 1 is 1.00 bits per heavy atom. The lowest BCUT2D eigenvalue weighted by Gasteiger charge is -2.14. The molecule has 0 saturated carbocycles. The fourth-order valence-electron chi connectivity index (χ4n) is 3.41. The SMILES string of the molecule is CCCC(Cc1nc2ccccc2s1)Cc1scc2ccccc12. The van der Waals surface area contributed by atoms with E-state index in [-0.39, 0.29) is 0 Å². The topological polar surface area (TPSA) is 12.9 Å². The molecule has 0 aliphatic carbocycles. The van der Waals surface area contributed by atoms with Gasteiger partial charge in [0, 0.05) is 11.3 Å². The number of thiazole rings is 1. The lowest BCUT2D eigenvalue weighted by Crippen LogP contribution is -2.07. The van der Waals surface area contributed by atoms with Crippen molar-refractivity contribution in [1.29, 1.82) is 0 Å². The van der Waals surface area contributed by atoms with Crippen LogP contribution in [0.4, 0.5) is 0 Å². The normalized spacial score (nSPS) is 12.9. The van der Waals surface area contributed by atoms with E-state index >= 15 is 0 Å². The molecule has 122 valence electrons. The molecule has 0 amide bonds. The molecule has 0 saturated heterocycles. The van der Waals surface area contributed by atoms with Crippen LogP contribution in [0.1, 0.15) is 29.7 Å². The Kier molecular flexibility index (Phi) is 4.63. The second kappa shape index (κ2) is 7.04. The van der Waals surface area contributed by atoms with E-state index in [1.54, 1.807) is 0 Å². The molecule has 0 aliphatic heterocycles. The molecular formula is C21H21NS2. The van der Waals surface area contributed by atoms with E-state index in [9.17, 15) is 0 Å². The van der Waals surface area contributed by atoms with Gasteiger partial charge in [0.15, 0.2) is 0 Å². The van der Waals surface area contributed by atoms with Gasteiger partial charge in [0.1, 0.15) is 0 Å². The van der Waals surface area contributed by atoms with E-state index in [2.05, 4.69) is 60.8 Å². The maximum Gasteiger partial charge on any atom is 0.0941 e. The number of aromatic nitrogens is 1. The summed E-state index contributed by atoms with van der Waals surface area (Å²) in [4.78, 5) is 6.38. The Hall–Kier alpha value is -1.71. The zero-order chi connectivity index (χ0) is 16.4. The number of hydrogen-bond donors (Lipinski definition) is 0. The molecule has 4 rings (SSSR count). The largest absolute Gasteiger partial charge is 0.241 e. The molecular weight excluding hydrogens is 330 g/mol. The quantitative estimate of drug-likeness (QED) is 0.376. The van der Waals surface area contributed by atoms with Gasteiger partial charge in [-0.3, -0.25) is 0 Å². The molecule has 0 radical (unpaired) electrons. The highest BCUT2D eigenvalue weighted by atomic mass is 32.1. The number of thiophene rings is 1. The second-order valence-electron chi connectivity index (χ2n) is 6.38. The molecule has 0 aliphatic rings. The van der Waals surface area contributed by atoms with Crippen LogP contribution in [0.25, 0.3) is 21.0 Å². The predicted molar refractivity (Wildman–Crippen MR) is 107 cm³/mol. The molecule has 1 nitrogen and oxygen atoms in total. The van der Waals surface area contributed by atoms with Crippen molar-refractivity contribution in [1.82, 2.24) is 4.98 Å². The number of nitrogens with zero attached hydrogens (tertiary/aromatic N) is 1. The van der Waals surface area contributed by atoms with Gasteiger partial charge >= 0.3 is 0 Å². The van der Waals surface area contributed by atoms with Crippen LogP contribution in [-0.4, -0.2) is 4.98 Å².